The Morgan fingerprint density at radius 2 is 1.68 bits per heavy atom. The lowest BCUT2D eigenvalue weighted by Gasteiger charge is -2.28. The van der Waals surface area contributed by atoms with E-state index in [1.54, 1.807) is 0 Å². The molecule has 0 heterocycles. The van der Waals surface area contributed by atoms with Crippen LogP contribution in [0.2, 0.25) is 0 Å². The van der Waals surface area contributed by atoms with Crippen LogP contribution in [0.5, 0.6) is 0 Å². The second-order valence-corrected chi connectivity index (χ2v) is 5.04. The Bertz CT molecular complexity index is 410. The fraction of sp³-hybridized carbons (Fsp3) is 0.571. The molecule has 1 atom stereocenters. The highest BCUT2D eigenvalue weighted by Gasteiger charge is 2.21. The van der Waals surface area contributed by atoms with Gasteiger partial charge in [0.1, 0.15) is 0 Å². The fourth-order valence-electron chi connectivity index (χ4n) is 2.58. The van der Waals surface area contributed by atoms with Crippen LogP contribution in [-0.4, -0.2) is 17.8 Å². The summed E-state index contributed by atoms with van der Waals surface area (Å²) in [5.74, 6) is -3.92. The van der Waals surface area contributed by atoms with Crippen molar-refractivity contribution in [3.8, 4) is 0 Å². The monoisotopic (exact) mass is 273 g/mol. The van der Waals surface area contributed by atoms with Crippen molar-refractivity contribution < 1.29 is 18.3 Å². The van der Waals surface area contributed by atoms with E-state index in [1.807, 2.05) is 0 Å². The van der Waals surface area contributed by atoms with Crippen molar-refractivity contribution in [1.29, 1.82) is 0 Å². The van der Waals surface area contributed by atoms with E-state index in [4.69, 9.17) is 0 Å². The summed E-state index contributed by atoms with van der Waals surface area (Å²) in [6.45, 7) is -0.277. The van der Waals surface area contributed by atoms with E-state index in [0.29, 0.717) is 0 Å². The summed E-state index contributed by atoms with van der Waals surface area (Å²) < 4.78 is 39.3. The molecule has 19 heavy (non-hydrogen) atoms. The standard InChI is InChI=1S/C14H18F3NO/c15-11-6-9(7-12(16)14(11)17)13(8-19)18-10-4-2-1-3-5-10/h6-7,10,13,18-19H,1-5,8H2. The lowest BCUT2D eigenvalue weighted by atomic mass is 9.94. The first-order valence-corrected chi connectivity index (χ1v) is 6.63. The van der Waals surface area contributed by atoms with Gasteiger partial charge in [-0.3, -0.25) is 0 Å². The number of halogens is 3. The summed E-state index contributed by atoms with van der Waals surface area (Å²) in [5.41, 5.74) is 0.240. The highest BCUT2D eigenvalue weighted by molar-refractivity contribution is 5.23. The molecule has 2 rings (SSSR count). The number of nitrogens with one attached hydrogen (secondary N) is 1. The highest BCUT2D eigenvalue weighted by Crippen LogP contribution is 2.23. The van der Waals surface area contributed by atoms with Crippen molar-refractivity contribution in [2.75, 3.05) is 6.61 Å². The second kappa shape index (κ2) is 6.39. The highest BCUT2D eigenvalue weighted by atomic mass is 19.2. The summed E-state index contributed by atoms with van der Waals surface area (Å²) in [4.78, 5) is 0. The molecule has 0 radical (unpaired) electrons. The quantitative estimate of drug-likeness (QED) is 0.826. The minimum absolute atomic E-state index is 0.238. The first kappa shape index (κ1) is 14.3. The van der Waals surface area contributed by atoms with Gasteiger partial charge in [-0.1, -0.05) is 19.3 Å². The van der Waals surface area contributed by atoms with E-state index < -0.39 is 23.5 Å². The Balaban J connectivity index is 2.12. The van der Waals surface area contributed by atoms with Crippen LogP contribution < -0.4 is 5.32 Å². The van der Waals surface area contributed by atoms with Crippen molar-refractivity contribution in [3.63, 3.8) is 0 Å². The number of aliphatic hydroxyl groups excluding tert-OH is 1. The first-order chi connectivity index (χ1) is 9.11. The van der Waals surface area contributed by atoms with E-state index in [9.17, 15) is 18.3 Å². The average Bonchev–Trinajstić information content (AvgIpc) is 2.42. The largest absolute Gasteiger partial charge is 0.394 e. The van der Waals surface area contributed by atoms with Crippen LogP contribution in [0.4, 0.5) is 13.2 Å². The Kier molecular flexibility index (Phi) is 4.82. The number of benzene rings is 1. The van der Waals surface area contributed by atoms with Crippen molar-refractivity contribution in [1.82, 2.24) is 5.32 Å². The lowest BCUT2D eigenvalue weighted by Crippen LogP contribution is -2.36. The van der Waals surface area contributed by atoms with Crippen LogP contribution in [0.1, 0.15) is 43.7 Å². The van der Waals surface area contributed by atoms with Crippen LogP contribution in [0.25, 0.3) is 0 Å². The Labute approximate surface area is 110 Å². The molecule has 2 nitrogen and oxygen atoms in total. The van der Waals surface area contributed by atoms with Gasteiger partial charge in [-0.2, -0.15) is 0 Å². The molecule has 0 aliphatic heterocycles. The van der Waals surface area contributed by atoms with E-state index in [-0.39, 0.29) is 18.2 Å². The third-order valence-electron chi connectivity index (χ3n) is 3.63. The molecule has 0 aromatic heterocycles. The normalized spacial score (nSPS) is 18.5. The maximum absolute atomic E-state index is 13.2. The van der Waals surface area contributed by atoms with Gasteiger partial charge in [0.05, 0.1) is 12.6 Å². The molecule has 1 aromatic carbocycles. The van der Waals surface area contributed by atoms with E-state index in [2.05, 4.69) is 5.32 Å². The predicted octanol–water partition coefficient (Wildman–Crippen LogP) is 3.06. The number of aliphatic hydroxyl groups is 1. The summed E-state index contributed by atoms with van der Waals surface area (Å²) in [6.07, 6.45) is 5.40. The first-order valence-electron chi connectivity index (χ1n) is 6.63. The predicted molar refractivity (Wildman–Crippen MR) is 66.2 cm³/mol. The Hall–Kier alpha value is -1.07. The summed E-state index contributed by atoms with van der Waals surface area (Å²) >= 11 is 0. The van der Waals surface area contributed by atoms with Gasteiger partial charge in [-0.15, -0.1) is 0 Å². The van der Waals surface area contributed by atoms with Crippen LogP contribution in [-0.2, 0) is 0 Å². The number of hydrogen-bond acceptors (Lipinski definition) is 2. The maximum atomic E-state index is 13.2. The van der Waals surface area contributed by atoms with Gasteiger partial charge < -0.3 is 10.4 Å². The number of rotatable bonds is 4. The zero-order valence-corrected chi connectivity index (χ0v) is 10.6. The minimum atomic E-state index is -1.47. The smallest absolute Gasteiger partial charge is 0.194 e. The molecule has 1 aromatic rings. The topological polar surface area (TPSA) is 32.3 Å². The molecule has 5 heteroatoms. The van der Waals surface area contributed by atoms with E-state index >= 15 is 0 Å². The van der Waals surface area contributed by atoms with Crippen LogP contribution in [0.3, 0.4) is 0 Å². The molecule has 0 spiro atoms. The second-order valence-electron chi connectivity index (χ2n) is 5.04. The maximum Gasteiger partial charge on any atom is 0.194 e. The minimum Gasteiger partial charge on any atom is -0.394 e. The zero-order valence-electron chi connectivity index (χ0n) is 10.6. The molecule has 1 aliphatic rings. The van der Waals surface area contributed by atoms with E-state index in [1.165, 1.54) is 6.42 Å². The average molecular weight is 273 g/mol. The summed E-state index contributed by atoms with van der Waals surface area (Å²) in [7, 11) is 0. The van der Waals surface area contributed by atoms with Gasteiger partial charge in [0.25, 0.3) is 0 Å². The van der Waals surface area contributed by atoms with Gasteiger partial charge in [0.15, 0.2) is 17.5 Å². The summed E-state index contributed by atoms with van der Waals surface area (Å²) in [6, 6.07) is 1.55. The third-order valence-corrected chi connectivity index (χ3v) is 3.63. The van der Waals surface area contributed by atoms with Gasteiger partial charge >= 0.3 is 0 Å². The molecule has 1 fully saturated rings. The van der Waals surface area contributed by atoms with Crippen LogP contribution in [0, 0.1) is 17.5 Å². The van der Waals surface area contributed by atoms with Gasteiger partial charge in [-0.25, -0.2) is 13.2 Å². The van der Waals surface area contributed by atoms with Crippen molar-refractivity contribution in [3.05, 3.63) is 35.1 Å². The molecule has 1 saturated carbocycles. The van der Waals surface area contributed by atoms with Gasteiger partial charge in [-0.05, 0) is 30.5 Å². The summed E-state index contributed by atoms with van der Waals surface area (Å²) in [5, 5.41) is 12.6. The van der Waals surface area contributed by atoms with E-state index in [0.717, 1.165) is 37.8 Å². The molecular weight excluding hydrogens is 255 g/mol. The SMILES string of the molecule is OCC(NC1CCCCC1)c1cc(F)c(F)c(F)c1. The molecule has 1 unspecified atom stereocenters. The number of hydrogen-bond donors (Lipinski definition) is 2. The lowest BCUT2D eigenvalue weighted by molar-refractivity contribution is 0.219. The zero-order chi connectivity index (χ0) is 13.8. The van der Waals surface area contributed by atoms with Gasteiger partial charge in [0.2, 0.25) is 0 Å². The van der Waals surface area contributed by atoms with Crippen molar-refractivity contribution in [2.24, 2.45) is 0 Å². The molecule has 106 valence electrons. The molecule has 0 saturated heterocycles. The van der Waals surface area contributed by atoms with Crippen molar-refractivity contribution >= 4 is 0 Å². The van der Waals surface area contributed by atoms with Crippen molar-refractivity contribution in [2.45, 2.75) is 44.2 Å². The molecular formula is C14H18F3NO. The molecule has 2 N–H and O–H groups in total. The fourth-order valence-corrected chi connectivity index (χ4v) is 2.58. The Morgan fingerprint density at radius 3 is 2.21 bits per heavy atom. The molecule has 1 aliphatic carbocycles. The van der Waals surface area contributed by atoms with Crippen LogP contribution in [0.15, 0.2) is 12.1 Å². The van der Waals surface area contributed by atoms with Crippen LogP contribution >= 0.6 is 0 Å². The molecule has 0 bridgehead atoms. The third kappa shape index (κ3) is 3.48. The van der Waals surface area contributed by atoms with Gasteiger partial charge in [0, 0.05) is 6.04 Å². The Morgan fingerprint density at radius 1 is 1.11 bits per heavy atom. The molecule has 0 amide bonds.